The molecule has 2 aliphatic carbocycles. The molecular weight excluding hydrogens is 809 g/mol. The molecule has 5 N–H and O–H groups in total. The molecule has 314 valence electrons. The first-order valence-corrected chi connectivity index (χ1v) is 22.1. The van der Waals surface area contributed by atoms with Crippen LogP contribution in [0.2, 0.25) is 0 Å². The van der Waals surface area contributed by atoms with Gasteiger partial charge in [0, 0.05) is 40.2 Å². The van der Waals surface area contributed by atoms with E-state index in [0.717, 1.165) is 72.8 Å². The van der Waals surface area contributed by atoms with Crippen LogP contribution in [-0.2, 0) is 0 Å². The Kier molecular flexibility index (Phi) is 15.8. The lowest BCUT2D eigenvalue weighted by Gasteiger charge is -2.29. The molecule has 0 saturated heterocycles. The maximum atomic E-state index is 13.9. The van der Waals surface area contributed by atoms with Crippen molar-refractivity contribution >= 4 is 41.2 Å². The lowest BCUT2D eigenvalue weighted by molar-refractivity contribution is 0.0887. The fourth-order valence-corrected chi connectivity index (χ4v) is 7.72. The van der Waals surface area contributed by atoms with E-state index >= 15 is 0 Å². The number of nitrogens with two attached hydrogens (primary N) is 1. The molecule has 0 spiro atoms. The number of nitrogens with one attached hydrogen (secondary N) is 3. The zero-order valence-electron chi connectivity index (χ0n) is 33.2. The van der Waals surface area contributed by atoms with Gasteiger partial charge in [-0.25, -0.2) is 18.7 Å². The van der Waals surface area contributed by atoms with E-state index in [1.54, 1.807) is 60.1 Å². The van der Waals surface area contributed by atoms with Crippen LogP contribution in [-0.4, -0.2) is 69.4 Å². The van der Waals surface area contributed by atoms with E-state index in [9.17, 15) is 23.2 Å². The normalized spacial score (nSPS) is 18.6. The van der Waals surface area contributed by atoms with E-state index in [2.05, 4.69) is 30.9 Å². The lowest BCUT2D eigenvalue weighted by Crippen LogP contribution is -2.44. The van der Waals surface area contributed by atoms with Crippen LogP contribution in [0.4, 0.5) is 8.78 Å². The van der Waals surface area contributed by atoms with Gasteiger partial charge < -0.3 is 31.2 Å². The predicted octanol–water partition coefficient (Wildman–Crippen LogP) is 8.34. The van der Waals surface area contributed by atoms with Crippen molar-refractivity contribution in [1.29, 1.82) is 0 Å². The Bertz CT molecular complexity index is 2240. The van der Waals surface area contributed by atoms with Gasteiger partial charge in [-0.2, -0.15) is 0 Å². The zero-order chi connectivity index (χ0) is 42.4. The van der Waals surface area contributed by atoms with Gasteiger partial charge in [0.1, 0.15) is 40.0 Å². The fourth-order valence-electron chi connectivity index (χ4n) is 6.82. The SMILES string of the molecule is CSc1cccc(Oc2ncc(F)cc2C(=O)NC2CCC(N)CC2)c1.CSc1cccc(Oc2ncc(F)cc2C(=O)NC2CCC(NC(=O)c3ccccn3)CC2)c1. The average Bonchev–Trinajstić information content (AvgIpc) is 3.27. The molecule has 3 aromatic heterocycles. The first-order chi connectivity index (χ1) is 29.1. The summed E-state index contributed by atoms with van der Waals surface area (Å²) in [5, 5.41) is 8.91. The van der Waals surface area contributed by atoms with Crippen LogP contribution >= 0.6 is 23.5 Å². The summed E-state index contributed by atoms with van der Waals surface area (Å²) in [6.45, 7) is 0. The van der Waals surface area contributed by atoms with Crippen molar-refractivity contribution in [3.05, 3.63) is 126 Å². The summed E-state index contributed by atoms with van der Waals surface area (Å²) < 4.78 is 39.2. The smallest absolute Gasteiger partial charge is 0.270 e. The molecule has 0 atom stereocenters. The maximum Gasteiger partial charge on any atom is 0.270 e. The molecule has 3 heterocycles. The maximum absolute atomic E-state index is 13.9. The van der Waals surface area contributed by atoms with Crippen LogP contribution < -0.4 is 31.2 Å². The van der Waals surface area contributed by atoms with Crippen molar-refractivity contribution in [2.75, 3.05) is 12.5 Å². The van der Waals surface area contributed by atoms with Gasteiger partial charge in [0.05, 0.1) is 12.4 Å². The van der Waals surface area contributed by atoms with Crippen molar-refractivity contribution in [3.8, 4) is 23.3 Å². The Labute approximate surface area is 356 Å². The van der Waals surface area contributed by atoms with E-state index < -0.39 is 17.5 Å². The highest BCUT2D eigenvalue weighted by Gasteiger charge is 2.27. The third kappa shape index (κ3) is 12.7. The van der Waals surface area contributed by atoms with Crippen molar-refractivity contribution in [2.45, 2.75) is 85.3 Å². The molecule has 2 saturated carbocycles. The van der Waals surface area contributed by atoms with Crippen molar-refractivity contribution in [3.63, 3.8) is 0 Å². The molecule has 16 heteroatoms. The highest BCUT2D eigenvalue weighted by molar-refractivity contribution is 7.98. The molecule has 0 bridgehead atoms. The molecule has 2 aromatic carbocycles. The van der Waals surface area contributed by atoms with Crippen LogP contribution in [0.15, 0.2) is 107 Å². The van der Waals surface area contributed by atoms with Crippen molar-refractivity contribution < 1.29 is 32.6 Å². The van der Waals surface area contributed by atoms with Gasteiger partial charge in [-0.05, 0) is 125 Å². The number of ether oxygens (including phenoxy) is 2. The van der Waals surface area contributed by atoms with E-state index in [1.807, 2.05) is 48.9 Å². The van der Waals surface area contributed by atoms with E-state index in [-0.39, 0.29) is 58.9 Å². The van der Waals surface area contributed by atoms with Crippen molar-refractivity contribution in [2.24, 2.45) is 5.73 Å². The second kappa shape index (κ2) is 21.6. The quantitative estimate of drug-likeness (QED) is 0.0890. The zero-order valence-corrected chi connectivity index (χ0v) is 34.9. The number of benzene rings is 2. The van der Waals surface area contributed by atoms with Gasteiger partial charge in [0.15, 0.2) is 0 Å². The van der Waals surface area contributed by atoms with Crippen LogP contribution in [0.3, 0.4) is 0 Å². The summed E-state index contributed by atoms with van der Waals surface area (Å²) >= 11 is 3.14. The molecule has 0 aliphatic heterocycles. The standard InChI is InChI=1S/C25H25FN4O3S.C19H22FN3O2S/c1-34-20-6-4-5-19(14-20)33-25-21(13-16(26)15-28-25)23(31)29-17-8-10-18(11-9-17)30-24(32)22-7-2-3-12-27-22;1-26-16-4-2-3-15(10-16)25-19-17(9-12(20)11-22-19)18(24)23-14-7-5-13(21)6-8-14/h2-7,12-15,17-18H,8-11H2,1H3,(H,29,31)(H,30,32);2-4,9-11,13-14H,5-8,21H2,1H3,(H,23,24). The fraction of sp³-hybridized carbons (Fsp3) is 0.318. The summed E-state index contributed by atoms with van der Waals surface area (Å²) in [6, 6.07) is 22.5. The first kappa shape index (κ1) is 44.0. The van der Waals surface area contributed by atoms with Crippen molar-refractivity contribution in [1.82, 2.24) is 30.9 Å². The Morgan fingerprint density at radius 3 is 1.48 bits per heavy atom. The number of rotatable bonds is 12. The third-order valence-electron chi connectivity index (χ3n) is 10.0. The minimum atomic E-state index is -0.615. The van der Waals surface area contributed by atoms with Gasteiger partial charge in [-0.15, -0.1) is 23.5 Å². The van der Waals surface area contributed by atoms with E-state index in [4.69, 9.17) is 15.2 Å². The highest BCUT2D eigenvalue weighted by Crippen LogP contribution is 2.30. The number of aromatic nitrogens is 3. The Hall–Kier alpha value is -5.58. The third-order valence-corrected chi connectivity index (χ3v) is 11.5. The molecule has 7 rings (SSSR count). The Morgan fingerprint density at radius 2 is 1.05 bits per heavy atom. The second-order valence-electron chi connectivity index (χ2n) is 14.4. The molecule has 2 aliphatic rings. The summed E-state index contributed by atoms with van der Waals surface area (Å²) in [7, 11) is 0. The number of amides is 3. The number of pyridine rings is 3. The molecular formula is C44H47F2N7O5S2. The van der Waals surface area contributed by atoms with Gasteiger partial charge in [-0.3, -0.25) is 19.4 Å². The van der Waals surface area contributed by atoms with Crippen LogP contribution in [0.1, 0.15) is 82.6 Å². The first-order valence-electron chi connectivity index (χ1n) is 19.6. The van der Waals surface area contributed by atoms with Gasteiger partial charge in [0.2, 0.25) is 11.8 Å². The number of carbonyl (C=O) groups excluding carboxylic acids is 3. The number of thioether (sulfide) groups is 2. The summed E-state index contributed by atoms with van der Waals surface area (Å²) in [6.07, 6.45) is 13.8. The molecule has 0 unspecified atom stereocenters. The second-order valence-corrected chi connectivity index (χ2v) is 16.1. The summed E-state index contributed by atoms with van der Waals surface area (Å²) in [5.41, 5.74) is 6.41. The molecule has 0 radical (unpaired) electrons. The summed E-state index contributed by atoms with van der Waals surface area (Å²) in [4.78, 5) is 52.0. The largest absolute Gasteiger partial charge is 0.438 e. The topological polar surface area (TPSA) is 170 Å². The van der Waals surface area contributed by atoms with Crippen LogP contribution in [0, 0.1) is 11.6 Å². The molecule has 3 amide bonds. The molecule has 12 nitrogen and oxygen atoms in total. The molecule has 60 heavy (non-hydrogen) atoms. The molecule has 2 fully saturated rings. The minimum absolute atomic E-state index is 0.0149. The monoisotopic (exact) mass is 855 g/mol. The number of carbonyl (C=O) groups is 3. The number of hydrogen-bond acceptors (Lipinski definition) is 11. The highest BCUT2D eigenvalue weighted by atomic mass is 32.2. The molecule has 5 aromatic rings. The van der Waals surface area contributed by atoms with Gasteiger partial charge in [0.25, 0.3) is 17.7 Å². The van der Waals surface area contributed by atoms with Crippen LogP contribution in [0.25, 0.3) is 0 Å². The number of halogens is 2. The number of nitrogens with zero attached hydrogens (tertiary/aromatic N) is 3. The summed E-state index contributed by atoms with van der Waals surface area (Å²) in [5.74, 6) is -1.01. The Morgan fingerprint density at radius 1 is 0.600 bits per heavy atom. The van der Waals surface area contributed by atoms with Gasteiger partial charge >= 0.3 is 0 Å². The van der Waals surface area contributed by atoms with E-state index in [0.29, 0.717) is 30.0 Å². The number of hydrogen-bond donors (Lipinski definition) is 4. The Balaban J connectivity index is 0.000000209. The van der Waals surface area contributed by atoms with Crippen LogP contribution in [0.5, 0.6) is 23.3 Å². The predicted molar refractivity (Wildman–Crippen MR) is 228 cm³/mol. The lowest BCUT2D eigenvalue weighted by atomic mass is 9.91. The minimum Gasteiger partial charge on any atom is -0.438 e. The average molecular weight is 856 g/mol. The van der Waals surface area contributed by atoms with Gasteiger partial charge in [-0.1, -0.05) is 18.2 Å². The van der Waals surface area contributed by atoms with E-state index in [1.165, 1.54) is 0 Å².